The van der Waals surface area contributed by atoms with Gasteiger partial charge in [-0.05, 0) is 44.4 Å². The van der Waals surface area contributed by atoms with Gasteiger partial charge in [-0.2, -0.15) is 0 Å². The topological polar surface area (TPSA) is 119 Å². The molecular weight excluding hydrogens is 408 g/mol. The van der Waals surface area contributed by atoms with Crippen molar-refractivity contribution in [2.45, 2.75) is 55.9 Å². The Balaban J connectivity index is 1.76. The van der Waals surface area contributed by atoms with Crippen LogP contribution in [-0.2, 0) is 14.8 Å². The van der Waals surface area contributed by atoms with Crippen molar-refractivity contribution in [3.8, 4) is 0 Å². The average Bonchev–Trinajstić information content (AvgIpc) is 2.74. The van der Waals surface area contributed by atoms with Gasteiger partial charge in [-0.3, -0.25) is 15.0 Å². The SMILES string of the molecule is NS(=O)(=O)c1ccc(N(CCCCN2CCOCC2)C2CCCCC2)c([N+](=O)[O-])c1. The molecule has 0 atom stereocenters. The van der Waals surface area contributed by atoms with Gasteiger partial charge in [0.2, 0.25) is 10.0 Å². The van der Waals surface area contributed by atoms with E-state index >= 15 is 0 Å². The van der Waals surface area contributed by atoms with Crippen LogP contribution in [0.4, 0.5) is 11.4 Å². The predicted octanol–water partition coefficient (Wildman–Crippen LogP) is 2.49. The maximum absolute atomic E-state index is 11.7. The van der Waals surface area contributed by atoms with Crippen LogP contribution in [-0.4, -0.2) is 63.7 Å². The number of sulfonamides is 1. The molecule has 1 aromatic carbocycles. The molecule has 2 fully saturated rings. The number of nitrogens with two attached hydrogens (primary N) is 1. The fourth-order valence-electron chi connectivity index (χ4n) is 4.40. The Hall–Kier alpha value is -1.75. The minimum Gasteiger partial charge on any atom is -0.379 e. The number of anilines is 1. The number of morpholine rings is 1. The summed E-state index contributed by atoms with van der Waals surface area (Å²) in [5, 5.41) is 16.9. The first-order chi connectivity index (χ1) is 14.4. The van der Waals surface area contributed by atoms with Gasteiger partial charge in [-0.25, -0.2) is 13.6 Å². The third-order valence-electron chi connectivity index (χ3n) is 6.02. The zero-order valence-electron chi connectivity index (χ0n) is 17.4. The Morgan fingerprint density at radius 1 is 1.17 bits per heavy atom. The monoisotopic (exact) mass is 440 g/mol. The molecule has 2 N–H and O–H groups in total. The Bertz CT molecular complexity index is 820. The summed E-state index contributed by atoms with van der Waals surface area (Å²) in [6, 6.07) is 4.25. The van der Waals surface area contributed by atoms with Gasteiger partial charge in [-0.1, -0.05) is 19.3 Å². The summed E-state index contributed by atoms with van der Waals surface area (Å²) >= 11 is 0. The molecule has 1 saturated heterocycles. The molecular formula is C20H32N4O5S. The van der Waals surface area contributed by atoms with Gasteiger partial charge in [0, 0.05) is 31.7 Å². The lowest BCUT2D eigenvalue weighted by Crippen LogP contribution is -2.39. The van der Waals surface area contributed by atoms with Crippen molar-refractivity contribution in [1.29, 1.82) is 0 Å². The third-order valence-corrected chi connectivity index (χ3v) is 6.94. The number of unbranched alkanes of at least 4 members (excludes halogenated alkanes) is 1. The maximum Gasteiger partial charge on any atom is 0.293 e. The summed E-state index contributed by atoms with van der Waals surface area (Å²) in [6.07, 6.45) is 7.33. The minimum atomic E-state index is -4.00. The molecule has 0 amide bonds. The van der Waals surface area contributed by atoms with Crippen molar-refractivity contribution >= 4 is 21.4 Å². The Morgan fingerprint density at radius 3 is 2.50 bits per heavy atom. The summed E-state index contributed by atoms with van der Waals surface area (Å²) in [5.41, 5.74) is 0.297. The first-order valence-electron chi connectivity index (χ1n) is 10.7. The Labute approximate surface area is 178 Å². The van der Waals surface area contributed by atoms with Crippen LogP contribution in [0.3, 0.4) is 0 Å². The number of hydrogen-bond acceptors (Lipinski definition) is 7. The summed E-state index contributed by atoms with van der Waals surface area (Å²) in [7, 11) is -4.00. The van der Waals surface area contributed by atoms with Gasteiger partial charge in [0.25, 0.3) is 5.69 Å². The quantitative estimate of drug-likeness (QED) is 0.356. The van der Waals surface area contributed by atoms with Crippen molar-refractivity contribution in [3.63, 3.8) is 0 Å². The Morgan fingerprint density at radius 2 is 1.87 bits per heavy atom. The molecule has 1 aromatic rings. The van der Waals surface area contributed by atoms with Gasteiger partial charge in [0.15, 0.2) is 0 Å². The highest BCUT2D eigenvalue weighted by atomic mass is 32.2. The minimum absolute atomic E-state index is 0.194. The highest BCUT2D eigenvalue weighted by Gasteiger charge is 2.28. The fraction of sp³-hybridized carbons (Fsp3) is 0.700. The number of nitrogens with zero attached hydrogens (tertiary/aromatic N) is 3. The molecule has 0 bridgehead atoms. The molecule has 0 unspecified atom stereocenters. The smallest absolute Gasteiger partial charge is 0.293 e. The maximum atomic E-state index is 11.7. The number of nitro benzene ring substituents is 1. The van der Waals surface area contributed by atoms with E-state index in [1.165, 1.54) is 12.5 Å². The van der Waals surface area contributed by atoms with E-state index in [1.54, 1.807) is 6.07 Å². The number of ether oxygens (including phenoxy) is 1. The zero-order chi connectivity index (χ0) is 21.6. The molecule has 3 rings (SSSR count). The van der Waals surface area contributed by atoms with Crippen LogP contribution >= 0.6 is 0 Å². The molecule has 0 aromatic heterocycles. The van der Waals surface area contributed by atoms with E-state index in [0.717, 1.165) is 77.4 Å². The summed E-state index contributed by atoms with van der Waals surface area (Å²) in [4.78, 5) is 15.5. The normalized spacial score (nSPS) is 19.0. The standard InChI is InChI=1S/C20H32N4O5S/c21-30(27,28)18-8-9-19(20(16-18)24(25)26)23(17-6-2-1-3-7-17)11-5-4-10-22-12-14-29-15-13-22/h8-9,16-17H,1-7,10-15H2,(H2,21,27,28). The van der Waals surface area contributed by atoms with Gasteiger partial charge in [-0.15, -0.1) is 0 Å². The second-order valence-corrected chi connectivity index (χ2v) is 9.66. The second kappa shape index (κ2) is 10.5. The van der Waals surface area contributed by atoms with Crippen molar-refractivity contribution in [3.05, 3.63) is 28.3 Å². The number of rotatable bonds is 9. The van der Waals surface area contributed by atoms with E-state index in [4.69, 9.17) is 9.88 Å². The van der Waals surface area contributed by atoms with Crippen molar-refractivity contribution < 1.29 is 18.1 Å². The van der Waals surface area contributed by atoms with Crippen LogP contribution < -0.4 is 10.0 Å². The Kier molecular flexibility index (Phi) is 8.04. The summed E-state index contributed by atoms with van der Waals surface area (Å²) in [5.74, 6) is 0. The van der Waals surface area contributed by atoms with Crippen LogP contribution in [0.15, 0.2) is 23.1 Å². The van der Waals surface area contributed by atoms with Gasteiger partial charge >= 0.3 is 0 Å². The second-order valence-electron chi connectivity index (χ2n) is 8.10. The molecule has 1 aliphatic heterocycles. The van der Waals surface area contributed by atoms with Crippen LogP contribution in [0.25, 0.3) is 0 Å². The van der Waals surface area contributed by atoms with Crippen molar-refractivity contribution in [2.24, 2.45) is 5.14 Å². The van der Waals surface area contributed by atoms with Gasteiger partial charge in [0.1, 0.15) is 5.69 Å². The molecule has 1 heterocycles. The summed E-state index contributed by atoms with van der Waals surface area (Å²) < 4.78 is 28.7. The molecule has 168 valence electrons. The number of benzene rings is 1. The van der Waals surface area contributed by atoms with Crippen molar-refractivity contribution in [1.82, 2.24) is 4.90 Å². The third kappa shape index (κ3) is 6.13. The molecule has 30 heavy (non-hydrogen) atoms. The lowest BCUT2D eigenvalue weighted by molar-refractivity contribution is -0.384. The largest absolute Gasteiger partial charge is 0.379 e. The van der Waals surface area contributed by atoms with Gasteiger partial charge < -0.3 is 9.64 Å². The van der Waals surface area contributed by atoms with Crippen molar-refractivity contribution in [2.75, 3.05) is 44.3 Å². The van der Waals surface area contributed by atoms with E-state index in [9.17, 15) is 18.5 Å². The lowest BCUT2D eigenvalue weighted by atomic mass is 9.93. The lowest BCUT2D eigenvalue weighted by Gasteiger charge is -2.36. The number of primary sulfonamides is 1. The van der Waals surface area contributed by atoms with Gasteiger partial charge in [0.05, 0.1) is 23.0 Å². The first-order valence-corrected chi connectivity index (χ1v) is 12.3. The van der Waals surface area contributed by atoms with E-state index < -0.39 is 14.9 Å². The molecule has 9 nitrogen and oxygen atoms in total. The first kappa shape index (κ1) is 22.9. The molecule has 0 radical (unpaired) electrons. The van der Waals surface area contributed by atoms with Crippen LogP contribution in [0.1, 0.15) is 44.9 Å². The fourth-order valence-corrected chi connectivity index (χ4v) is 4.94. The molecule has 1 aliphatic carbocycles. The molecule has 0 spiro atoms. The highest BCUT2D eigenvalue weighted by molar-refractivity contribution is 7.89. The number of hydrogen-bond donors (Lipinski definition) is 1. The van der Waals surface area contributed by atoms with Crippen LogP contribution in [0, 0.1) is 10.1 Å². The highest BCUT2D eigenvalue weighted by Crippen LogP contribution is 2.35. The zero-order valence-corrected chi connectivity index (χ0v) is 18.2. The summed E-state index contributed by atoms with van der Waals surface area (Å²) in [6.45, 7) is 5.16. The molecule has 1 saturated carbocycles. The van der Waals surface area contributed by atoms with E-state index in [0.29, 0.717) is 12.2 Å². The molecule has 10 heteroatoms. The number of nitro groups is 1. The predicted molar refractivity (Wildman–Crippen MR) is 115 cm³/mol. The van der Waals surface area contributed by atoms with E-state index in [-0.39, 0.29) is 16.6 Å². The van der Waals surface area contributed by atoms with E-state index in [1.807, 2.05) is 0 Å². The van der Waals surface area contributed by atoms with Crippen LogP contribution in [0.5, 0.6) is 0 Å². The van der Waals surface area contributed by atoms with E-state index in [2.05, 4.69) is 9.80 Å². The van der Waals surface area contributed by atoms with Crippen LogP contribution in [0.2, 0.25) is 0 Å². The molecule has 2 aliphatic rings. The average molecular weight is 441 g/mol.